The number of amides is 2. The maximum Gasteiger partial charge on any atom is 0.254 e. The Morgan fingerprint density at radius 3 is 2.30 bits per heavy atom. The summed E-state index contributed by atoms with van der Waals surface area (Å²) in [5, 5.41) is 0.855. The molecule has 0 atom stereocenters. The van der Waals surface area contributed by atoms with E-state index in [0.29, 0.717) is 31.7 Å². The molecule has 30 heavy (non-hydrogen) atoms. The average molecular weight is 400 g/mol. The first-order chi connectivity index (χ1) is 14.7. The molecule has 1 aliphatic carbocycles. The average Bonchev–Trinajstić information content (AvgIpc) is 2.77. The molecule has 0 radical (unpaired) electrons. The van der Waals surface area contributed by atoms with Crippen molar-refractivity contribution in [3.05, 3.63) is 60.4 Å². The Labute approximate surface area is 175 Å². The van der Waals surface area contributed by atoms with E-state index in [9.17, 15) is 9.59 Å². The van der Waals surface area contributed by atoms with Gasteiger partial charge in [0.15, 0.2) is 0 Å². The molecule has 2 aromatic heterocycles. The Morgan fingerprint density at radius 1 is 0.900 bits per heavy atom. The molecule has 1 aliphatic heterocycles. The van der Waals surface area contributed by atoms with Crippen molar-refractivity contribution >= 4 is 22.7 Å². The van der Waals surface area contributed by atoms with Gasteiger partial charge in [0.05, 0.1) is 16.8 Å². The van der Waals surface area contributed by atoms with Gasteiger partial charge in [-0.05, 0) is 37.1 Å². The fourth-order valence-corrected chi connectivity index (χ4v) is 4.24. The molecule has 0 bridgehead atoms. The van der Waals surface area contributed by atoms with Gasteiger partial charge >= 0.3 is 0 Å². The normalized spacial score (nSPS) is 17.1. The fourth-order valence-electron chi connectivity index (χ4n) is 4.24. The molecule has 3 aromatic rings. The van der Waals surface area contributed by atoms with Crippen LogP contribution >= 0.6 is 0 Å². The minimum atomic E-state index is -0.000325. The van der Waals surface area contributed by atoms with Gasteiger partial charge in [0.1, 0.15) is 0 Å². The van der Waals surface area contributed by atoms with Gasteiger partial charge in [-0.1, -0.05) is 24.6 Å². The van der Waals surface area contributed by atoms with E-state index in [1.807, 2.05) is 52.3 Å². The lowest BCUT2D eigenvalue weighted by atomic mass is 9.84. The highest BCUT2D eigenvalue weighted by atomic mass is 16.2. The number of benzene rings is 1. The maximum absolute atomic E-state index is 13.5. The summed E-state index contributed by atoms with van der Waals surface area (Å²) in [7, 11) is 0. The molecule has 1 saturated heterocycles. The van der Waals surface area contributed by atoms with Crippen LogP contribution in [0.3, 0.4) is 0 Å². The number of para-hydroxylation sites is 1. The number of hydrogen-bond donors (Lipinski definition) is 0. The Morgan fingerprint density at radius 2 is 1.60 bits per heavy atom. The van der Waals surface area contributed by atoms with Crippen LogP contribution in [0.4, 0.5) is 0 Å². The molecular weight excluding hydrogens is 376 g/mol. The number of carbonyl (C=O) groups is 2. The quantitative estimate of drug-likeness (QED) is 0.676. The van der Waals surface area contributed by atoms with Gasteiger partial charge < -0.3 is 9.80 Å². The molecule has 0 unspecified atom stereocenters. The van der Waals surface area contributed by atoms with E-state index in [2.05, 4.69) is 4.98 Å². The van der Waals surface area contributed by atoms with Gasteiger partial charge in [-0.25, -0.2) is 4.98 Å². The topological polar surface area (TPSA) is 66.4 Å². The summed E-state index contributed by atoms with van der Waals surface area (Å²) >= 11 is 0. The van der Waals surface area contributed by atoms with Crippen LogP contribution in [0.2, 0.25) is 0 Å². The molecule has 2 aliphatic rings. The molecule has 6 heteroatoms. The zero-order valence-corrected chi connectivity index (χ0v) is 16.8. The SMILES string of the molecule is O=C(c1cc(-c2ccncc2)nc2ccccc12)N1CCN(C(=O)C2CCC2)CC1. The molecule has 6 nitrogen and oxygen atoms in total. The van der Waals surface area contributed by atoms with Crippen molar-refractivity contribution in [3.8, 4) is 11.3 Å². The summed E-state index contributed by atoms with van der Waals surface area (Å²) in [4.78, 5) is 38.6. The Balaban J connectivity index is 1.41. The summed E-state index contributed by atoms with van der Waals surface area (Å²) < 4.78 is 0. The smallest absolute Gasteiger partial charge is 0.254 e. The van der Waals surface area contributed by atoms with Crippen molar-refractivity contribution in [1.29, 1.82) is 0 Å². The predicted octanol–water partition coefficient (Wildman–Crippen LogP) is 3.38. The van der Waals surface area contributed by atoms with E-state index >= 15 is 0 Å². The van der Waals surface area contributed by atoms with Gasteiger partial charge in [0.2, 0.25) is 5.91 Å². The molecule has 0 spiro atoms. The first-order valence-electron chi connectivity index (χ1n) is 10.6. The van der Waals surface area contributed by atoms with Crippen LogP contribution in [0.15, 0.2) is 54.9 Å². The number of fused-ring (bicyclic) bond motifs is 1. The molecule has 1 saturated carbocycles. The first kappa shape index (κ1) is 18.7. The van der Waals surface area contributed by atoms with Crippen LogP contribution < -0.4 is 0 Å². The zero-order valence-electron chi connectivity index (χ0n) is 16.8. The number of hydrogen-bond acceptors (Lipinski definition) is 4. The van der Waals surface area contributed by atoms with Crippen molar-refractivity contribution in [2.45, 2.75) is 19.3 Å². The van der Waals surface area contributed by atoms with Crippen molar-refractivity contribution in [3.63, 3.8) is 0 Å². The largest absolute Gasteiger partial charge is 0.339 e. The molecule has 2 amide bonds. The van der Waals surface area contributed by atoms with Crippen LogP contribution in [-0.2, 0) is 4.79 Å². The van der Waals surface area contributed by atoms with Crippen molar-refractivity contribution in [1.82, 2.24) is 19.8 Å². The summed E-state index contributed by atoms with van der Waals surface area (Å²) in [5.41, 5.74) is 3.15. The lowest BCUT2D eigenvalue weighted by Crippen LogP contribution is -2.52. The van der Waals surface area contributed by atoms with E-state index < -0.39 is 0 Å². The number of piperazine rings is 1. The fraction of sp³-hybridized carbons (Fsp3) is 0.333. The van der Waals surface area contributed by atoms with Crippen molar-refractivity contribution < 1.29 is 9.59 Å². The maximum atomic E-state index is 13.5. The highest BCUT2D eigenvalue weighted by Crippen LogP contribution is 2.29. The van der Waals surface area contributed by atoms with Gasteiger partial charge in [0, 0.05) is 55.4 Å². The van der Waals surface area contributed by atoms with Gasteiger partial charge in [-0.2, -0.15) is 0 Å². The van der Waals surface area contributed by atoms with E-state index in [0.717, 1.165) is 41.4 Å². The van der Waals surface area contributed by atoms with E-state index in [1.54, 1.807) is 12.4 Å². The number of carbonyl (C=O) groups excluding carboxylic acids is 2. The number of aromatic nitrogens is 2. The van der Waals surface area contributed by atoms with E-state index in [1.165, 1.54) is 0 Å². The van der Waals surface area contributed by atoms with Crippen LogP contribution in [0, 0.1) is 5.92 Å². The van der Waals surface area contributed by atoms with Crippen LogP contribution in [0.5, 0.6) is 0 Å². The summed E-state index contributed by atoms with van der Waals surface area (Å²) in [6, 6.07) is 13.4. The Hall–Kier alpha value is -3.28. The summed E-state index contributed by atoms with van der Waals surface area (Å²) in [6.07, 6.45) is 6.64. The lowest BCUT2D eigenvalue weighted by Gasteiger charge is -2.38. The lowest BCUT2D eigenvalue weighted by molar-refractivity contribution is -0.139. The van der Waals surface area contributed by atoms with Gasteiger partial charge in [-0.3, -0.25) is 14.6 Å². The number of nitrogens with zero attached hydrogens (tertiary/aromatic N) is 4. The molecular formula is C24H24N4O2. The Kier molecular flexibility index (Phi) is 4.91. The van der Waals surface area contributed by atoms with Gasteiger partial charge in [-0.15, -0.1) is 0 Å². The molecule has 5 rings (SSSR count). The van der Waals surface area contributed by atoms with Gasteiger partial charge in [0.25, 0.3) is 5.91 Å². The minimum Gasteiger partial charge on any atom is -0.339 e. The van der Waals surface area contributed by atoms with E-state index in [4.69, 9.17) is 4.98 Å². The molecule has 1 aromatic carbocycles. The minimum absolute atomic E-state index is 0.000325. The molecule has 2 fully saturated rings. The first-order valence-corrected chi connectivity index (χ1v) is 10.6. The second-order valence-corrected chi connectivity index (χ2v) is 8.05. The molecule has 3 heterocycles. The third kappa shape index (κ3) is 3.43. The second kappa shape index (κ2) is 7.86. The number of pyridine rings is 2. The Bertz CT molecular complexity index is 1090. The number of rotatable bonds is 3. The summed E-state index contributed by atoms with van der Waals surface area (Å²) in [5.74, 6) is 0.474. The van der Waals surface area contributed by atoms with Crippen molar-refractivity contribution in [2.24, 2.45) is 5.92 Å². The van der Waals surface area contributed by atoms with Crippen LogP contribution in [-0.4, -0.2) is 57.8 Å². The summed E-state index contributed by atoms with van der Waals surface area (Å²) in [6.45, 7) is 2.36. The highest BCUT2D eigenvalue weighted by Gasteiger charge is 2.32. The van der Waals surface area contributed by atoms with Crippen LogP contribution in [0.1, 0.15) is 29.6 Å². The molecule has 0 N–H and O–H groups in total. The van der Waals surface area contributed by atoms with Crippen molar-refractivity contribution in [2.75, 3.05) is 26.2 Å². The monoisotopic (exact) mass is 400 g/mol. The standard InChI is InChI=1S/C24H24N4O2/c29-23(18-4-3-5-18)27-12-14-28(15-13-27)24(30)20-16-22(17-8-10-25-11-9-17)26-21-7-2-1-6-19(20)21/h1-2,6-11,16,18H,3-5,12-15H2. The predicted molar refractivity (Wildman–Crippen MR) is 115 cm³/mol. The second-order valence-electron chi connectivity index (χ2n) is 8.05. The van der Waals surface area contributed by atoms with E-state index in [-0.39, 0.29) is 17.7 Å². The molecule has 152 valence electrons. The van der Waals surface area contributed by atoms with Crippen LogP contribution in [0.25, 0.3) is 22.2 Å². The highest BCUT2D eigenvalue weighted by molar-refractivity contribution is 6.07. The zero-order chi connectivity index (χ0) is 20.5. The third-order valence-electron chi connectivity index (χ3n) is 6.26. The third-order valence-corrected chi connectivity index (χ3v) is 6.26.